The summed E-state index contributed by atoms with van der Waals surface area (Å²) in [7, 11) is 0. The molecule has 1 saturated heterocycles. The van der Waals surface area contributed by atoms with Crippen LogP contribution < -0.4 is 0 Å². The van der Waals surface area contributed by atoms with Crippen LogP contribution in [0.25, 0.3) is 10.9 Å². The highest BCUT2D eigenvalue weighted by atomic mass is 16.1. The molecule has 2 aromatic rings. The number of hydrogen-bond donors (Lipinski definition) is 0. The van der Waals surface area contributed by atoms with Crippen LogP contribution in [0.15, 0.2) is 61.3 Å². The van der Waals surface area contributed by atoms with Crippen molar-refractivity contribution in [3.63, 3.8) is 0 Å². The first-order chi connectivity index (χ1) is 14.1. The highest BCUT2D eigenvalue weighted by molar-refractivity contribution is 6.15. The zero-order valence-corrected chi connectivity index (χ0v) is 17.8. The Balaban J connectivity index is 1.61. The van der Waals surface area contributed by atoms with Crippen LogP contribution in [0.3, 0.4) is 0 Å². The molecule has 3 heteroatoms. The molecule has 1 aromatic carbocycles. The highest BCUT2D eigenvalue weighted by Gasteiger charge is 2.28. The van der Waals surface area contributed by atoms with Crippen molar-refractivity contribution in [1.82, 2.24) is 9.88 Å². The Labute approximate surface area is 175 Å². The van der Waals surface area contributed by atoms with Gasteiger partial charge < -0.3 is 4.90 Å². The van der Waals surface area contributed by atoms with E-state index in [1.165, 1.54) is 32.2 Å². The number of piperidine rings is 1. The molecule has 0 N–H and O–H groups in total. The molecule has 2 atom stereocenters. The molecule has 3 rings (SSSR count). The normalized spacial score (nSPS) is 19.9. The SMILES string of the molecule is C=CC1CN(CCCCCC)CCC1CC(=C)C(=O)c1ccnc2ccccc12. The molecule has 2 unspecified atom stereocenters. The molecule has 154 valence electrons. The summed E-state index contributed by atoms with van der Waals surface area (Å²) < 4.78 is 0. The first-order valence-corrected chi connectivity index (χ1v) is 11.0. The van der Waals surface area contributed by atoms with E-state index in [0.29, 0.717) is 23.0 Å². The second-order valence-electron chi connectivity index (χ2n) is 8.32. The minimum atomic E-state index is 0.0495. The summed E-state index contributed by atoms with van der Waals surface area (Å²) in [6.07, 6.45) is 10.9. The molecule has 1 aliphatic heterocycles. The quantitative estimate of drug-likeness (QED) is 0.214. The first kappa shape index (κ1) is 21.4. The first-order valence-electron chi connectivity index (χ1n) is 11.0. The van der Waals surface area contributed by atoms with Gasteiger partial charge in [0.2, 0.25) is 0 Å². The number of pyridine rings is 1. The number of rotatable bonds is 10. The smallest absolute Gasteiger partial charge is 0.189 e. The molecule has 0 radical (unpaired) electrons. The van der Waals surface area contributed by atoms with E-state index < -0.39 is 0 Å². The van der Waals surface area contributed by atoms with E-state index >= 15 is 0 Å². The minimum absolute atomic E-state index is 0.0495. The molecule has 0 saturated carbocycles. The summed E-state index contributed by atoms with van der Waals surface area (Å²) in [5, 5.41) is 0.906. The lowest BCUT2D eigenvalue weighted by Gasteiger charge is -2.37. The van der Waals surface area contributed by atoms with Gasteiger partial charge in [-0.15, -0.1) is 6.58 Å². The molecule has 0 amide bonds. The van der Waals surface area contributed by atoms with Crippen LogP contribution in [-0.4, -0.2) is 35.3 Å². The average molecular weight is 391 g/mol. The van der Waals surface area contributed by atoms with E-state index in [4.69, 9.17) is 0 Å². The van der Waals surface area contributed by atoms with Gasteiger partial charge in [-0.1, -0.05) is 57.0 Å². The second-order valence-corrected chi connectivity index (χ2v) is 8.32. The number of benzene rings is 1. The number of aromatic nitrogens is 1. The molecule has 1 fully saturated rings. The monoisotopic (exact) mass is 390 g/mol. The number of hydrogen-bond acceptors (Lipinski definition) is 3. The lowest BCUT2D eigenvalue weighted by Crippen LogP contribution is -2.40. The zero-order chi connectivity index (χ0) is 20.6. The molecule has 1 aliphatic rings. The number of para-hydroxylation sites is 1. The maximum atomic E-state index is 13.1. The van der Waals surface area contributed by atoms with Gasteiger partial charge in [-0.2, -0.15) is 0 Å². The number of Topliss-reactive ketones (excluding diaryl/α,β-unsaturated/α-hetero) is 1. The standard InChI is InChI=1S/C26H34N2O/c1-4-6-7-10-16-28-17-14-22(21(5-2)19-28)18-20(3)26(29)24-13-15-27-25-12-9-8-11-23(24)25/h5,8-9,11-13,15,21-22H,2-4,6-7,10,14,16-19H2,1H3. The Hall–Kier alpha value is -2.26. The van der Waals surface area contributed by atoms with Crippen LogP contribution >= 0.6 is 0 Å². The van der Waals surface area contributed by atoms with Gasteiger partial charge in [0.15, 0.2) is 5.78 Å². The predicted molar refractivity (Wildman–Crippen MR) is 122 cm³/mol. The van der Waals surface area contributed by atoms with Gasteiger partial charge in [-0.3, -0.25) is 9.78 Å². The average Bonchev–Trinajstić information content (AvgIpc) is 2.76. The maximum absolute atomic E-state index is 13.1. The number of carbonyl (C=O) groups excluding carboxylic acids is 1. The number of carbonyl (C=O) groups is 1. The molecular formula is C26H34N2O. The number of nitrogens with zero attached hydrogens (tertiary/aromatic N) is 2. The van der Waals surface area contributed by atoms with Crippen LogP contribution in [0.2, 0.25) is 0 Å². The number of ketones is 1. The Morgan fingerprint density at radius 1 is 1.24 bits per heavy atom. The summed E-state index contributed by atoms with van der Waals surface area (Å²) in [6, 6.07) is 9.63. The fraction of sp³-hybridized carbons (Fsp3) is 0.462. The largest absolute Gasteiger partial charge is 0.303 e. The van der Waals surface area contributed by atoms with Crippen molar-refractivity contribution in [2.75, 3.05) is 19.6 Å². The molecule has 0 bridgehead atoms. The van der Waals surface area contributed by atoms with Crippen molar-refractivity contribution in [2.45, 2.75) is 45.4 Å². The van der Waals surface area contributed by atoms with Gasteiger partial charge in [0.05, 0.1) is 5.52 Å². The van der Waals surface area contributed by atoms with Crippen molar-refractivity contribution in [3.05, 3.63) is 66.9 Å². The summed E-state index contributed by atoms with van der Waals surface area (Å²) in [5.41, 5.74) is 2.27. The van der Waals surface area contributed by atoms with Crippen molar-refractivity contribution in [2.24, 2.45) is 11.8 Å². The molecule has 29 heavy (non-hydrogen) atoms. The maximum Gasteiger partial charge on any atom is 0.189 e. The topological polar surface area (TPSA) is 33.2 Å². The van der Waals surface area contributed by atoms with Gasteiger partial charge in [0.1, 0.15) is 0 Å². The van der Waals surface area contributed by atoms with Crippen LogP contribution in [0.4, 0.5) is 0 Å². The van der Waals surface area contributed by atoms with E-state index in [-0.39, 0.29) is 5.78 Å². The van der Waals surface area contributed by atoms with Gasteiger partial charge in [0, 0.05) is 23.7 Å². The summed E-state index contributed by atoms with van der Waals surface area (Å²) >= 11 is 0. The Bertz CT molecular complexity index is 851. The minimum Gasteiger partial charge on any atom is -0.303 e. The number of likely N-dealkylation sites (tertiary alicyclic amines) is 1. The summed E-state index contributed by atoms with van der Waals surface area (Å²) in [6.45, 7) is 13.9. The molecule has 0 aliphatic carbocycles. The lowest BCUT2D eigenvalue weighted by molar-refractivity contribution is 0.101. The summed E-state index contributed by atoms with van der Waals surface area (Å²) in [5.74, 6) is 0.922. The van der Waals surface area contributed by atoms with E-state index in [9.17, 15) is 4.79 Å². The fourth-order valence-electron chi connectivity index (χ4n) is 4.48. The van der Waals surface area contributed by atoms with Crippen LogP contribution in [-0.2, 0) is 0 Å². The number of unbranched alkanes of at least 4 members (excludes halogenated alkanes) is 3. The van der Waals surface area contributed by atoms with Crippen LogP contribution in [0.5, 0.6) is 0 Å². The Morgan fingerprint density at radius 3 is 2.86 bits per heavy atom. The van der Waals surface area contributed by atoms with Crippen molar-refractivity contribution in [3.8, 4) is 0 Å². The van der Waals surface area contributed by atoms with E-state index in [1.54, 1.807) is 6.20 Å². The van der Waals surface area contributed by atoms with E-state index in [1.807, 2.05) is 30.3 Å². The molecule has 0 spiro atoms. The van der Waals surface area contributed by atoms with Crippen molar-refractivity contribution < 1.29 is 4.79 Å². The lowest BCUT2D eigenvalue weighted by atomic mass is 9.80. The third kappa shape index (κ3) is 5.42. The third-order valence-electron chi connectivity index (χ3n) is 6.24. The van der Waals surface area contributed by atoms with Gasteiger partial charge in [-0.05, 0) is 61.9 Å². The molecule has 3 nitrogen and oxygen atoms in total. The Kier molecular flexibility index (Phi) is 7.76. The molecule has 2 heterocycles. The number of allylic oxidation sites excluding steroid dienone is 1. The molecule has 1 aromatic heterocycles. The molecular weight excluding hydrogens is 356 g/mol. The summed E-state index contributed by atoms with van der Waals surface area (Å²) in [4.78, 5) is 20.1. The van der Waals surface area contributed by atoms with Crippen molar-refractivity contribution >= 4 is 16.7 Å². The highest BCUT2D eigenvalue weighted by Crippen LogP contribution is 2.31. The van der Waals surface area contributed by atoms with Gasteiger partial charge >= 0.3 is 0 Å². The fourth-order valence-corrected chi connectivity index (χ4v) is 4.48. The second kappa shape index (κ2) is 10.5. The van der Waals surface area contributed by atoms with Gasteiger partial charge in [-0.25, -0.2) is 0 Å². The van der Waals surface area contributed by atoms with Gasteiger partial charge in [0.25, 0.3) is 0 Å². The van der Waals surface area contributed by atoms with Crippen LogP contribution in [0.1, 0.15) is 55.8 Å². The predicted octanol–water partition coefficient (Wildman–Crippen LogP) is 6.07. The van der Waals surface area contributed by atoms with E-state index in [2.05, 4.69) is 36.0 Å². The zero-order valence-electron chi connectivity index (χ0n) is 17.8. The third-order valence-corrected chi connectivity index (χ3v) is 6.24. The van der Waals surface area contributed by atoms with Crippen LogP contribution in [0, 0.1) is 11.8 Å². The van der Waals surface area contributed by atoms with E-state index in [0.717, 1.165) is 36.8 Å². The Morgan fingerprint density at radius 2 is 2.07 bits per heavy atom. The number of fused-ring (bicyclic) bond motifs is 1. The van der Waals surface area contributed by atoms with Crippen molar-refractivity contribution in [1.29, 1.82) is 0 Å².